The van der Waals surface area contributed by atoms with Gasteiger partial charge in [-0.15, -0.1) is 5.10 Å². The van der Waals surface area contributed by atoms with Gasteiger partial charge in [0, 0.05) is 20.3 Å². The predicted molar refractivity (Wildman–Crippen MR) is 85.4 cm³/mol. The summed E-state index contributed by atoms with van der Waals surface area (Å²) in [7, 11) is 3.32. The molecule has 2 heterocycles. The number of carbonyl (C=O) groups is 1. The second-order valence-corrected chi connectivity index (χ2v) is 5.68. The van der Waals surface area contributed by atoms with E-state index in [0.29, 0.717) is 13.2 Å². The topological polar surface area (TPSA) is 82.4 Å². The van der Waals surface area contributed by atoms with Gasteiger partial charge in [-0.05, 0) is 41.0 Å². The highest BCUT2D eigenvalue weighted by molar-refractivity contribution is 5.88. The third-order valence-electron chi connectivity index (χ3n) is 4.28. The minimum atomic E-state index is -0.393. The highest BCUT2D eigenvalue weighted by Gasteiger charge is 2.49. The van der Waals surface area contributed by atoms with Crippen molar-refractivity contribution < 1.29 is 14.3 Å². The highest BCUT2D eigenvalue weighted by atomic mass is 16.5. The average molecular weight is 331 g/mol. The minimum Gasteiger partial charge on any atom is -0.497 e. The smallest absolute Gasteiger partial charge is 0.250 e. The van der Waals surface area contributed by atoms with Crippen LogP contribution in [0.2, 0.25) is 0 Å². The monoisotopic (exact) mass is 331 g/mol. The van der Waals surface area contributed by atoms with E-state index in [9.17, 15) is 4.79 Å². The molecule has 1 aromatic heterocycles. The lowest BCUT2D eigenvalue weighted by molar-refractivity contribution is -0.156. The van der Waals surface area contributed by atoms with E-state index in [2.05, 4.69) is 15.5 Å². The van der Waals surface area contributed by atoms with Crippen LogP contribution in [0.4, 0.5) is 0 Å². The van der Waals surface area contributed by atoms with E-state index in [1.54, 1.807) is 14.2 Å². The first-order valence-electron chi connectivity index (χ1n) is 7.92. The largest absolute Gasteiger partial charge is 0.497 e. The van der Waals surface area contributed by atoms with Gasteiger partial charge in [0.05, 0.1) is 13.2 Å². The van der Waals surface area contributed by atoms with E-state index >= 15 is 0 Å². The molecule has 2 atom stereocenters. The van der Waals surface area contributed by atoms with Gasteiger partial charge < -0.3 is 14.4 Å². The molecule has 8 heteroatoms. The Morgan fingerprint density at radius 1 is 1.12 bits per heavy atom. The number of benzene rings is 1. The summed E-state index contributed by atoms with van der Waals surface area (Å²) in [4.78, 5) is 14.5. The van der Waals surface area contributed by atoms with E-state index in [1.165, 1.54) is 11.0 Å². The van der Waals surface area contributed by atoms with Crippen LogP contribution in [-0.4, -0.2) is 58.4 Å². The molecular formula is C16H21N5O3. The summed E-state index contributed by atoms with van der Waals surface area (Å²) in [6.07, 6.45) is 3.31. The third-order valence-corrected chi connectivity index (χ3v) is 4.28. The summed E-state index contributed by atoms with van der Waals surface area (Å²) in [5.41, 5.74) is 1.04. The van der Waals surface area contributed by atoms with Crippen molar-refractivity contribution in [1.29, 1.82) is 0 Å². The van der Waals surface area contributed by atoms with E-state index < -0.39 is 6.04 Å². The molecule has 1 amide bonds. The average Bonchev–Trinajstić information content (AvgIpc) is 3.13. The number of amides is 1. The molecule has 24 heavy (non-hydrogen) atoms. The Bertz CT molecular complexity index is 659. The molecule has 0 N–H and O–H groups in total. The van der Waals surface area contributed by atoms with Crippen LogP contribution in [0, 0.1) is 0 Å². The van der Waals surface area contributed by atoms with Crippen molar-refractivity contribution in [3.05, 3.63) is 36.2 Å². The van der Waals surface area contributed by atoms with Gasteiger partial charge in [0.15, 0.2) is 6.04 Å². The number of likely N-dealkylation sites (tertiary alicyclic amines) is 1. The zero-order chi connectivity index (χ0) is 16.9. The van der Waals surface area contributed by atoms with Crippen LogP contribution in [0.3, 0.4) is 0 Å². The highest BCUT2D eigenvalue weighted by Crippen LogP contribution is 2.43. The van der Waals surface area contributed by atoms with E-state index in [-0.39, 0.29) is 11.9 Å². The first-order chi connectivity index (χ1) is 11.8. The van der Waals surface area contributed by atoms with Gasteiger partial charge in [0.25, 0.3) is 5.91 Å². The number of aromatic nitrogens is 4. The SMILES string of the molecule is COCCCCN1C(=O)C(n2cnnn2)C1c1ccc(OC)cc1. The number of unbranched alkanes of at least 4 members (excludes halogenated alkanes) is 1. The molecule has 1 aromatic carbocycles. The Morgan fingerprint density at radius 3 is 2.54 bits per heavy atom. The first-order valence-corrected chi connectivity index (χ1v) is 7.92. The second-order valence-electron chi connectivity index (χ2n) is 5.68. The molecule has 0 aliphatic carbocycles. The third kappa shape index (κ3) is 3.09. The van der Waals surface area contributed by atoms with Crippen LogP contribution < -0.4 is 4.74 Å². The van der Waals surface area contributed by atoms with Crippen LogP contribution in [0.5, 0.6) is 5.75 Å². The lowest BCUT2D eigenvalue weighted by Gasteiger charge is -2.47. The summed E-state index contributed by atoms with van der Waals surface area (Å²) < 4.78 is 11.8. The maximum atomic E-state index is 12.6. The molecular weight excluding hydrogens is 310 g/mol. The Hall–Kier alpha value is -2.48. The number of nitrogens with zero attached hydrogens (tertiary/aromatic N) is 5. The fraction of sp³-hybridized carbons (Fsp3) is 0.500. The van der Waals surface area contributed by atoms with Gasteiger partial charge in [-0.3, -0.25) is 4.79 Å². The van der Waals surface area contributed by atoms with Crippen LogP contribution in [0.25, 0.3) is 0 Å². The molecule has 2 unspecified atom stereocenters. The van der Waals surface area contributed by atoms with Crippen molar-refractivity contribution in [2.24, 2.45) is 0 Å². The molecule has 8 nitrogen and oxygen atoms in total. The number of tetrazole rings is 1. The van der Waals surface area contributed by atoms with Crippen LogP contribution in [0.1, 0.15) is 30.5 Å². The van der Waals surface area contributed by atoms with Gasteiger partial charge in [0.1, 0.15) is 12.1 Å². The number of β-lactam (4-membered cyclic amide) rings is 1. The first kappa shape index (κ1) is 16.4. The van der Waals surface area contributed by atoms with Crippen molar-refractivity contribution in [1.82, 2.24) is 25.1 Å². The molecule has 128 valence electrons. The molecule has 0 radical (unpaired) electrons. The van der Waals surface area contributed by atoms with Crippen molar-refractivity contribution in [2.45, 2.75) is 24.9 Å². The fourth-order valence-corrected chi connectivity index (χ4v) is 3.03. The van der Waals surface area contributed by atoms with Gasteiger partial charge in [-0.25, -0.2) is 4.68 Å². The molecule has 3 rings (SSSR count). The van der Waals surface area contributed by atoms with E-state index in [4.69, 9.17) is 9.47 Å². The van der Waals surface area contributed by atoms with Crippen molar-refractivity contribution in [3.63, 3.8) is 0 Å². The number of hydrogen-bond acceptors (Lipinski definition) is 6. The maximum Gasteiger partial charge on any atom is 0.250 e. The zero-order valence-electron chi connectivity index (χ0n) is 13.8. The normalized spacial score (nSPS) is 20.1. The summed E-state index contributed by atoms with van der Waals surface area (Å²) in [6.45, 7) is 1.39. The van der Waals surface area contributed by atoms with E-state index in [1.807, 2.05) is 29.2 Å². The molecule has 1 aliphatic rings. The van der Waals surface area contributed by atoms with Crippen LogP contribution >= 0.6 is 0 Å². The number of ether oxygens (including phenoxy) is 2. The number of rotatable bonds is 8. The number of hydrogen-bond donors (Lipinski definition) is 0. The molecule has 0 spiro atoms. The molecule has 1 saturated heterocycles. The van der Waals surface area contributed by atoms with Gasteiger partial charge in [-0.2, -0.15) is 0 Å². The van der Waals surface area contributed by atoms with E-state index in [0.717, 1.165) is 24.2 Å². The Kier molecular flexibility index (Phi) is 5.05. The number of carbonyl (C=O) groups excluding carboxylic acids is 1. The fourth-order valence-electron chi connectivity index (χ4n) is 3.03. The lowest BCUT2D eigenvalue weighted by atomic mass is 9.88. The summed E-state index contributed by atoms with van der Waals surface area (Å²) in [6, 6.07) is 7.30. The second kappa shape index (κ2) is 7.39. The minimum absolute atomic E-state index is 0.0422. The van der Waals surface area contributed by atoms with Crippen LogP contribution in [0.15, 0.2) is 30.6 Å². The number of methoxy groups -OCH3 is 2. The maximum absolute atomic E-state index is 12.6. The summed E-state index contributed by atoms with van der Waals surface area (Å²) in [5.74, 6) is 0.829. The zero-order valence-corrected chi connectivity index (χ0v) is 13.8. The molecule has 2 aromatic rings. The lowest BCUT2D eigenvalue weighted by Crippen LogP contribution is -2.55. The molecule has 1 aliphatic heterocycles. The van der Waals surface area contributed by atoms with Gasteiger partial charge >= 0.3 is 0 Å². The predicted octanol–water partition coefficient (Wildman–Crippen LogP) is 1.23. The van der Waals surface area contributed by atoms with Crippen LogP contribution in [-0.2, 0) is 9.53 Å². The Balaban J connectivity index is 1.78. The van der Waals surface area contributed by atoms with Crippen molar-refractivity contribution in [3.8, 4) is 5.75 Å². The standard InChI is InChI=1S/C16H21N5O3/c1-23-10-4-3-9-20-14(12-5-7-13(24-2)8-6-12)15(16(20)22)21-11-17-18-19-21/h5-8,11,14-15H,3-4,9-10H2,1-2H3. The van der Waals surface area contributed by atoms with Gasteiger partial charge in [-0.1, -0.05) is 12.1 Å². The van der Waals surface area contributed by atoms with Crippen molar-refractivity contribution in [2.75, 3.05) is 27.4 Å². The Labute approximate surface area is 140 Å². The van der Waals surface area contributed by atoms with Crippen molar-refractivity contribution >= 4 is 5.91 Å². The molecule has 0 bridgehead atoms. The summed E-state index contributed by atoms with van der Waals surface area (Å²) in [5, 5.41) is 11.2. The quantitative estimate of drug-likeness (QED) is 0.534. The summed E-state index contributed by atoms with van der Waals surface area (Å²) >= 11 is 0. The molecule has 1 fully saturated rings. The Morgan fingerprint density at radius 2 is 1.92 bits per heavy atom. The van der Waals surface area contributed by atoms with Gasteiger partial charge in [0.2, 0.25) is 0 Å². The molecule has 0 saturated carbocycles.